The molecule has 0 spiro atoms. The largest absolute Gasteiger partial charge is 0.492 e. The van der Waals surface area contributed by atoms with Gasteiger partial charge in [-0.25, -0.2) is 8.42 Å². The number of nitrogens with zero attached hydrogens (tertiary/aromatic N) is 1. The van der Waals surface area contributed by atoms with Crippen LogP contribution < -0.4 is 14.4 Å². The fraction of sp³-hybridized carbons (Fsp3) is 0.316. The first kappa shape index (κ1) is 19.8. The topological polar surface area (TPSA) is 75.7 Å². The molecule has 0 bridgehead atoms. The molecule has 6 nitrogen and oxygen atoms in total. The second-order valence-corrected chi connectivity index (χ2v) is 7.67. The number of hydrogen-bond donors (Lipinski definition) is 1. The van der Waals surface area contributed by atoms with Crippen LogP contribution >= 0.6 is 0 Å². The van der Waals surface area contributed by atoms with Crippen molar-refractivity contribution in [3.63, 3.8) is 0 Å². The maximum Gasteiger partial charge on any atom is 0.240 e. The van der Waals surface area contributed by atoms with Crippen molar-refractivity contribution in [2.75, 3.05) is 30.3 Å². The lowest BCUT2D eigenvalue weighted by molar-refractivity contribution is -0.119. The van der Waals surface area contributed by atoms with Crippen molar-refractivity contribution < 1.29 is 17.9 Å². The zero-order valence-corrected chi connectivity index (χ0v) is 15.8. The highest BCUT2D eigenvalue weighted by Crippen LogP contribution is 2.23. The third kappa shape index (κ3) is 5.77. The van der Waals surface area contributed by atoms with E-state index in [0.29, 0.717) is 25.3 Å². The molecule has 0 aliphatic carbocycles. The number of hydrogen-bond acceptors (Lipinski definition) is 4. The maximum absolute atomic E-state index is 12.2. The summed E-state index contributed by atoms with van der Waals surface area (Å²) in [5.74, 6) is 0.342. The third-order valence-corrected chi connectivity index (χ3v) is 4.89. The standard InChI is InChI=1S/C19H24N2O4S/c1-3-16-9-7-8-12-18(16)21(26(2,23)24)15-19(22)20-13-14-25-17-10-5-4-6-11-17/h4-12H,3,13-15H2,1-2H3,(H,20,22). The summed E-state index contributed by atoms with van der Waals surface area (Å²) in [5, 5.41) is 2.69. The Morgan fingerprint density at radius 3 is 2.38 bits per heavy atom. The molecule has 0 aromatic heterocycles. The Labute approximate surface area is 154 Å². The van der Waals surface area contributed by atoms with Gasteiger partial charge < -0.3 is 10.1 Å². The van der Waals surface area contributed by atoms with Crippen molar-refractivity contribution in [1.82, 2.24) is 5.32 Å². The van der Waals surface area contributed by atoms with Gasteiger partial charge in [0.15, 0.2) is 0 Å². The van der Waals surface area contributed by atoms with Crippen LogP contribution in [0.2, 0.25) is 0 Å². The molecule has 0 atom stereocenters. The van der Waals surface area contributed by atoms with Crippen molar-refractivity contribution in [1.29, 1.82) is 0 Å². The van der Waals surface area contributed by atoms with E-state index in [2.05, 4.69) is 5.32 Å². The Kier molecular flexibility index (Phi) is 7.03. The van der Waals surface area contributed by atoms with Gasteiger partial charge in [-0.15, -0.1) is 0 Å². The normalized spacial score (nSPS) is 11.0. The lowest BCUT2D eigenvalue weighted by atomic mass is 10.1. The number of rotatable bonds is 9. The van der Waals surface area contributed by atoms with Crippen molar-refractivity contribution in [3.05, 3.63) is 60.2 Å². The van der Waals surface area contributed by atoms with E-state index >= 15 is 0 Å². The fourth-order valence-electron chi connectivity index (χ4n) is 2.50. The second kappa shape index (κ2) is 9.24. The average Bonchev–Trinajstić information content (AvgIpc) is 2.63. The predicted octanol–water partition coefficient (Wildman–Crippen LogP) is 2.21. The number of carbonyl (C=O) groups excluding carboxylic acids is 1. The predicted molar refractivity (Wildman–Crippen MR) is 103 cm³/mol. The average molecular weight is 376 g/mol. The minimum Gasteiger partial charge on any atom is -0.492 e. The molecule has 7 heteroatoms. The van der Waals surface area contributed by atoms with Gasteiger partial charge in [-0.1, -0.05) is 43.3 Å². The van der Waals surface area contributed by atoms with Crippen LogP contribution in [0, 0.1) is 0 Å². The highest BCUT2D eigenvalue weighted by Gasteiger charge is 2.22. The second-order valence-electron chi connectivity index (χ2n) is 5.76. The van der Waals surface area contributed by atoms with Gasteiger partial charge in [-0.05, 0) is 30.2 Å². The molecule has 0 aliphatic rings. The smallest absolute Gasteiger partial charge is 0.240 e. The van der Waals surface area contributed by atoms with E-state index in [-0.39, 0.29) is 12.5 Å². The molecular weight excluding hydrogens is 352 g/mol. The van der Waals surface area contributed by atoms with Crippen molar-refractivity contribution in [2.24, 2.45) is 0 Å². The number of carbonyl (C=O) groups is 1. The quantitative estimate of drug-likeness (QED) is 0.681. The van der Waals surface area contributed by atoms with Gasteiger partial charge >= 0.3 is 0 Å². The van der Waals surface area contributed by atoms with E-state index in [1.807, 2.05) is 49.4 Å². The van der Waals surface area contributed by atoms with Crippen LogP contribution in [0.4, 0.5) is 5.69 Å². The zero-order chi connectivity index (χ0) is 19.0. The number of nitrogens with one attached hydrogen (secondary N) is 1. The number of amides is 1. The maximum atomic E-state index is 12.2. The highest BCUT2D eigenvalue weighted by molar-refractivity contribution is 7.92. The van der Waals surface area contributed by atoms with E-state index in [0.717, 1.165) is 21.9 Å². The molecule has 2 rings (SSSR count). The first-order chi connectivity index (χ1) is 12.4. The minimum atomic E-state index is -3.58. The van der Waals surface area contributed by atoms with E-state index in [1.54, 1.807) is 12.1 Å². The Morgan fingerprint density at radius 2 is 1.73 bits per heavy atom. The van der Waals surface area contributed by atoms with Gasteiger partial charge in [0.25, 0.3) is 0 Å². The number of sulfonamides is 1. The summed E-state index contributed by atoms with van der Waals surface area (Å²) in [6, 6.07) is 16.5. The lowest BCUT2D eigenvalue weighted by Crippen LogP contribution is -2.41. The van der Waals surface area contributed by atoms with Crippen LogP contribution in [0.25, 0.3) is 0 Å². The number of aryl methyl sites for hydroxylation is 1. The summed E-state index contributed by atoms with van der Waals surface area (Å²) in [4.78, 5) is 12.2. The number of para-hydroxylation sites is 2. The molecule has 1 N–H and O–H groups in total. The Morgan fingerprint density at radius 1 is 1.08 bits per heavy atom. The third-order valence-electron chi connectivity index (χ3n) is 3.76. The van der Waals surface area contributed by atoms with E-state index in [9.17, 15) is 13.2 Å². The molecule has 26 heavy (non-hydrogen) atoms. The minimum absolute atomic E-state index is 0.263. The summed E-state index contributed by atoms with van der Waals surface area (Å²) in [5.41, 5.74) is 1.41. The van der Waals surface area contributed by atoms with Crippen molar-refractivity contribution in [3.8, 4) is 5.75 Å². The molecule has 2 aromatic rings. The molecule has 0 fully saturated rings. The van der Waals surface area contributed by atoms with E-state index in [1.165, 1.54) is 0 Å². The molecule has 140 valence electrons. The molecule has 0 saturated heterocycles. The number of anilines is 1. The zero-order valence-electron chi connectivity index (χ0n) is 15.0. The van der Waals surface area contributed by atoms with Gasteiger partial charge in [0.1, 0.15) is 18.9 Å². The molecule has 0 heterocycles. The molecule has 0 saturated carbocycles. The van der Waals surface area contributed by atoms with Gasteiger partial charge in [-0.2, -0.15) is 0 Å². The van der Waals surface area contributed by atoms with Gasteiger partial charge in [-0.3, -0.25) is 9.10 Å². The van der Waals surface area contributed by atoms with Gasteiger partial charge in [0.2, 0.25) is 15.9 Å². The fourth-order valence-corrected chi connectivity index (χ4v) is 3.38. The first-order valence-electron chi connectivity index (χ1n) is 8.42. The van der Waals surface area contributed by atoms with Crippen LogP contribution in [0.15, 0.2) is 54.6 Å². The molecule has 1 amide bonds. The van der Waals surface area contributed by atoms with Crippen molar-refractivity contribution in [2.45, 2.75) is 13.3 Å². The monoisotopic (exact) mass is 376 g/mol. The Balaban J connectivity index is 1.95. The summed E-state index contributed by atoms with van der Waals surface area (Å²) in [6.07, 6.45) is 1.78. The molecule has 0 unspecified atom stereocenters. The van der Waals surface area contributed by atoms with Crippen LogP contribution in [0.5, 0.6) is 5.75 Å². The van der Waals surface area contributed by atoms with Gasteiger partial charge in [0, 0.05) is 0 Å². The summed E-state index contributed by atoms with van der Waals surface area (Å²) < 4.78 is 31.0. The Bertz CT molecular complexity index is 822. The van der Waals surface area contributed by atoms with Crippen LogP contribution in [0.3, 0.4) is 0 Å². The van der Waals surface area contributed by atoms with E-state index in [4.69, 9.17) is 4.74 Å². The SMILES string of the molecule is CCc1ccccc1N(CC(=O)NCCOc1ccccc1)S(C)(=O)=O. The molecule has 0 aliphatic heterocycles. The number of benzene rings is 2. The molecule has 2 aromatic carbocycles. The van der Waals surface area contributed by atoms with Crippen molar-refractivity contribution >= 4 is 21.6 Å². The van der Waals surface area contributed by atoms with E-state index < -0.39 is 10.0 Å². The highest BCUT2D eigenvalue weighted by atomic mass is 32.2. The van der Waals surface area contributed by atoms with Crippen LogP contribution in [-0.4, -0.2) is 40.3 Å². The van der Waals surface area contributed by atoms with Gasteiger partial charge in [0.05, 0.1) is 18.5 Å². The van der Waals surface area contributed by atoms with Crippen LogP contribution in [-0.2, 0) is 21.2 Å². The van der Waals surface area contributed by atoms with Crippen LogP contribution in [0.1, 0.15) is 12.5 Å². The number of ether oxygens (including phenoxy) is 1. The first-order valence-corrected chi connectivity index (χ1v) is 10.3. The Hall–Kier alpha value is -2.54. The summed E-state index contributed by atoms with van der Waals surface area (Å²) >= 11 is 0. The summed E-state index contributed by atoms with van der Waals surface area (Å²) in [7, 11) is -3.58. The molecular formula is C19H24N2O4S. The lowest BCUT2D eigenvalue weighted by Gasteiger charge is -2.24. The molecule has 0 radical (unpaired) electrons. The summed E-state index contributed by atoms with van der Waals surface area (Å²) in [6.45, 7) is 2.28.